The molecule has 4 aromatic rings. The molecule has 3 aromatic heterocycles. The summed E-state index contributed by atoms with van der Waals surface area (Å²) in [6.07, 6.45) is 6.25. The van der Waals surface area contributed by atoms with E-state index in [1.54, 1.807) is 49.6 Å². The maximum absolute atomic E-state index is 13.2. The topological polar surface area (TPSA) is 134 Å². The lowest BCUT2D eigenvalue weighted by Gasteiger charge is -2.18. The molecular formula is C21H22N6O5S. The van der Waals surface area contributed by atoms with Crippen molar-refractivity contribution in [2.75, 3.05) is 18.9 Å². The summed E-state index contributed by atoms with van der Waals surface area (Å²) in [6.45, 7) is 1.59. The van der Waals surface area contributed by atoms with Crippen LogP contribution < -0.4 is 14.2 Å². The average Bonchev–Trinajstić information content (AvgIpc) is 3.49. The summed E-state index contributed by atoms with van der Waals surface area (Å²) >= 11 is 0. The molecule has 1 N–H and O–H groups in total. The minimum atomic E-state index is -3.88. The molecule has 33 heavy (non-hydrogen) atoms. The maximum Gasteiger partial charge on any atom is 0.243 e. The van der Waals surface area contributed by atoms with Crippen molar-refractivity contribution in [1.82, 2.24) is 24.7 Å². The highest BCUT2D eigenvalue weighted by Crippen LogP contribution is 2.37. The largest absolute Gasteiger partial charge is 0.494 e. The van der Waals surface area contributed by atoms with Crippen LogP contribution in [0.2, 0.25) is 0 Å². The summed E-state index contributed by atoms with van der Waals surface area (Å²) in [5, 5.41) is 7.47. The Morgan fingerprint density at radius 1 is 1.06 bits per heavy atom. The van der Waals surface area contributed by atoms with Crippen LogP contribution in [0.3, 0.4) is 0 Å². The number of nitrogens with zero attached hydrogens (tertiary/aromatic N) is 5. The Morgan fingerprint density at radius 2 is 1.76 bits per heavy atom. The number of benzene rings is 1. The number of rotatable bonds is 9. The van der Waals surface area contributed by atoms with Crippen molar-refractivity contribution >= 4 is 16.0 Å². The van der Waals surface area contributed by atoms with Gasteiger partial charge < -0.3 is 13.9 Å². The number of hydrogen-bond acceptors (Lipinski definition) is 9. The molecule has 3 heterocycles. The van der Waals surface area contributed by atoms with Crippen LogP contribution in [0.4, 0.5) is 5.95 Å². The second-order valence-electron chi connectivity index (χ2n) is 7.08. The molecule has 0 radical (unpaired) electrons. The number of ether oxygens (including phenoxy) is 2. The van der Waals surface area contributed by atoms with Crippen molar-refractivity contribution in [2.24, 2.45) is 0 Å². The normalized spacial score (nSPS) is 12.3. The quantitative estimate of drug-likeness (QED) is 0.392. The van der Waals surface area contributed by atoms with Gasteiger partial charge in [-0.3, -0.25) is 9.29 Å². The SMILES string of the molecule is COc1cccc(OC)c1-n1c(NS(=O)(=O)[C@@H](C)Cc2cncnc2)nnc1-c1ccco1. The number of anilines is 1. The number of nitrogens with one attached hydrogen (secondary N) is 1. The van der Waals surface area contributed by atoms with E-state index in [2.05, 4.69) is 24.9 Å². The van der Waals surface area contributed by atoms with Gasteiger partial charge in [0.25, 0.3) is 0 Å². The molecule has 0 aliphatic carbocycles. The molecule has 0 bridgehead atoms. The summed E-state index contributed by atoms with van der Waals surface area (Å²) in [5.74, 6) is 1.47. The zero-order chi connectivity index (χ0) is 23.4. The molecule has 0 aliphatic heterocycles. The predicted octanol–water partition coefficient (Wildman–Crippen LogP) is 2.71. The Labute approximate surface area is 190 Å². The number of para-hydroxylation sites is 1. The van der Waals surface area contributed by atoms with Crippen LogP contribution in [0.15, 0.2) is 59.7 Å². The minimum Gasteiger partial charge on any atom is -0.494 e. The lowest BCUT2D eigenvalue weighted by molar-refractivity contribution is 0.391. The van der Waals surface area contributed by atoms with Crippen LogP contribution in [0, 0.1) is 0 Å². The molecule has 172 valence electrons. The molecule has 0 spiro atoms. The van der Waals surface area contributed by atoms with Crippen molar-refractivity contribution in [3.8, 4) is 28.8 Å². The molecule has 0 fully saturated rings. The number of sulfonamides is 1. The van der Waals surface area contributed by atoms with E-state index < -0.39 is 15.3 Å². The number of aromatic nitrogens is 5. The highest BCUT2D eigenvalue weighted by atomic mass is 32.2. The molecule has 0 saturated heterocycles. The maximum atomic E-state index is 13.2. The predicted molar refractivity (Wildman–Crippen MR) is 120 cm³/mol. The third-order valence-corrected chi connectivity index (χ3v) is 6.62. The fourth-order valence-corrected chi connectivity index (χ4v) is 4.28. The zero-order valence-corrected chi connectivity index (χ0v) is 19.0. The molecular weight excluding hydrogens is 448 g/mol. The lowest BCUT2D eigenvalue weighted by Crippen LogP contribution is -2.28. The van der Waals surface area contributed by atoms with Crippen molar-refractivity contribution < 1.29 is 22.3 Å². The van der Waals surface area contributed by atoms with E-state index in [0.717, 1.165) is 0 Å². The van der Waals surface area contributed by atoms with E-state index in [0.29, 0.717) is 28.5 Å². The molecule has 0 unspecified atom stereocenters. The van der Waals surface area contributed by atoms with Crippen LogP contribution in [0.1, 0.15) is 12.5 Å². The summed E-state index contributed by atoms with van der Waals surface area (Å²) in [7, 11) is -0.872. The Balaban J connectivity index is 1.79. The molecule has 1 atom stereocenters. The number of hydrogen-bond donors (Lipinski definition) is 1. The van der Waals surface area contributed by atoms with Gasteiger partial charge in [0.2, 0.25) is 21.8 Å². The molecule has 0 aliphatic rings. The summed E-state index contributed by atoms with van der Waals surface area (Å²) in [5.41, 5.74) is 1.11. The Kier molecular flexibility index (Phi) is 6.27. The van der Waals surface area contributed by atoms with Gasteiger partial charge in [-0.2, -0.15) is 0 Å². The number of methoxy groups -OCH3 is 2. The van der Waals surface area contributed by atoms with Gasteiger partial charge >= 0.3 is 0 Å². The van der Waals surface area contributed by atoms with Gasteiger partial charge in [-0.05, 0) is 43.2 Å². The lowest BCUT2D eigenvalue weighted by atomic mass is 10.2. The van der Waals surface area contributed by atoms with Gasteiger partial charge in [0.15, 0.2) is 5.76 Å². The Bertz CT molecular complexity index is 1300. The second-order valence-corrected chi connectivity index (χ2v) is 9.18. The van der Waals surface area contributed by atoms with E-state index in [1.165, 1.54) is 31.4 Å². The molecule has 4 rings (SSSR count). The van der Waals surface area contributed by atoms with Crippen LogP contribution in [-0.2, 0) is 16.4 Å². The van der Waals surface area contributed by atoms with Gasteiger partial charge in [0.05, 0.1) is 25.7 Å². The van der Waals surface area contributed by atoms with Crippen molar-refractivity contribution in [2.45, 2.75) is 18.6 Å². The van der Waals surface area contributed by atoms with Gasteiger partial charge in [-0.1, -0.05) is 6.07 Å². The number of furan rings is 1. The standard InChI is InChI=1S/C21H22N6O5S/c1-14(10-15-11-22-13-23-12-15)33(28,29)26-21-25-24-20(18-8-5-9-32-18)27(21)19-16(30-2)6-4-7-17(19)31-3/h4-9,11-14H,10H2,1-3H3,(H,25,26)/t14-/m0/s1. The van der Waals surface area contributed by atoms with Crippen LogP contribution >= 0.6 is 0 Å². The van der Waals surface area contributed by atoms with Crippen molar-refractivity contribution in [1.29, 1.82) is 0 Å². The van der Waals surface area contributed by atoms with Gasteiger partial charge in [0, 0.05) is 12.4 Å². The van der Waals surface area contributed by atoms with E-state index >= 15 is 0 Å². The third-order valence-electron chi connectivity index (χ3n) is 4.93. The van der Waals surface area contributed by atoms with Gasteiger partial charge in [-0.15, -0.1) is 10.2 Å². The monoisotopic (exact) mass is 470 g/mol. The third kappa shape index (κ3) is 4.51. The van der Waals surface area contributed by atoms with E-state index in [1.807, 2.05) is 0 Å². The highest BCUT2D eigenvalue weighted by Gasteiger charge is 2.28. The van der Waals surface area contributed by atoms with Gasteiger partial charge in [-0.25, -0.2) is 18.4 Å². The molecule has 1 aromatic carbocycles. The van der Waals surface area contributed by atoms with E-state index in [9.17, 15) is 8.42 Å². The van der Waals surface area contributed by atoms with Crippen LogP contribution in [0.25, 0.3) is 17.3 Å². The second kappa shape index (κ2) is 9.28. The molecule has 12 heteroatoms. The van der Waals surface area contributed by atoms with Crippen molar-refractivity contribution in [3.05, 3.63) is 60.9 Å². The smallest absolute Gasteiger partial charge is 0.243 e. The molecule has 0 amide bonds. The van der Waals surface area contributed by atoms with Crippen molar-refractivity contribution in [3.63, 3.8) is 0 Å². The summed E-state index contributed by atoms with van der Waals surface area (Å²) in [4.78, 5) is 7.87. The first kappa shape index (κ1) is 22.3. The van der Waals surface area contributed by atoms with E-state index in [-0.39, 0.29) is 18.2 Å². The summed E-state index contributed by atoms with van der Waals surface area (Å²) < 4.78 is 46.9. The minimum absolute atomic E-state index is 0.0413. The average molecular weight is 471 g/mol. The Hall–Kier alpha value is -3.93. The molecule has 11 nitrogen and oxygen atoms in total. The first-order valence-electron chi connectivity index (χ1n) is 9.90. The Morgan fingerprint density at radius 3 is 2.36 bits per heavy atom. The summed E-state index contributed by atoms with van der Waals surface area (Å²) in [6, 6.07) is 8.59. The first-order valence-corrected chi connectivity index (χ1v) is 11.5. The first-order chi connectivity index (χ1) is 15.9. The fourth-order valence-electron chi connectivity index (χ4n) is 3.28. The molecule has 0 saturated carbocycles. The van der Waals surface area contributed by atoms with Gasteiger partial charge in [0.1, 0.15) is 23.5 Å². The zero-order valence-electron chi connectivity index (χ0n) is 18.2. The van der Waals surface area contributed by atoms with E-state index in [4.69, 9.17) is 13.9 Å². The van der Waals surface area contributed by atoms with Crippen LogP contribution in [-0.4, -0.2) is 52.6 Å². The highest BCUT2D eigenvalue weighted by molar-refractivity contribution is 7.93. The van der Waals surface area contributed by atoms with Crippen LogP contribution in [0.5, 0.6) is 11.5 Å². The fraction of sp³-hybridized carbons (Fsp3) is 0.238.